The SMILES string of the molecule is Cc1ccc(C(C)(C)C(=O)Nc2cc3c(cc2Cl)OCCO3)cc1. The zero-order chi connectivity index (χ0) is 17.3. The van der Waals surface area contributed by atoms with Crippen LogP contribution in [-0.4, -0.2) is 19.1 Å². The normalized spacial score (nSPS) is 13.5. The van der Waals surface area contributed by atoms with E-state index < -0.39 is 5.41 Å². The minimum absolute atomic E-state index is 0.134. The molecular formula is C19H20ClNO3. The van der Waals surface area contributed by atoms with E-state index in [4.69, 9.17) is 21.1 Å². The zero-order valence-corrected chi connectivity index (χ0v) is 14.7. The third-order valence-electron chi connectivity index (χ3n) is 4.22. The average Bonchev–Trinajstić information content (AvgIpc) is 2.56. The van der Waals surface area contributed by atoms with Crippen molar-refractivity contribution in [3.05, 3.63) is 52.5 Å². The van der Waals surface area contributed by atoms with Gasteiger partial charge in [-0.3, -0.25) is 4.79 Å². The van der Waals surface area contributed by atoms with Crippen molar-refractivity contribution in [3.63, 3.8) is 0 Å². The van der Waals surface area contributed by atoms with Crippen molar-refractivity contribution in [2.75, 3.05) is 18.5 Å². The Labute approximate surface area is 146 Å². The van der Waals surface area contributed by atoms with E-state index in [1.165, 1.54) is 0 Å². The zero-order valence-electron chi connectivity index (χ0n) is 14.0. The van der Waals surface area contributed by atoms with E-state index in [0.717, 1.165) is 11.1 Å². The first kappa shape index (κ1) is 16.7. The molecule has 1 amide bonds. The number of anilines is 1. The first-order chi connectivity index (χ1) is 11.4. The smallest absolute Gasteiger partial charge is 0.234 e. The van der Waals surface area contributed by atoms with Gasteiger partial charge in [0.15, 0.2) is 11.5 Å². The molecule has 1 N–H and O–H groups in total. The molecule has 1 aliphatic rings. The molecule has 0 aromatic heterocycles. The molecule has 0 aliphatic carbocycles. The first-order valence-corrected chi connectivity index (χ1v) is 8.23. The number of benzene rings is 2. The van der Waals surface area contributed by atoms with Gasteiger partial charge < -0.3 is 14.8 Å². The van der Waals surface area contributed by atoms with Gasteiger partial charge in [0, 0.05) is 12.1 Å². The van der Waals surface area contributed by atoms with Crippen LogP contribution in [0.4, 0.5) is 5.69 Å². The summed E-state index contributed by atoms with van der Waals surface area (Å²) in [6, 6.07) is 11.3. The molecule has 3 rings (SSSR count). The van der Waals surface area contributed by atoms with Gasteiger partial charge in [-0.2, -0.15) is 0 Å². The predicted molar refractivity (Wildman–Crippen MR) is 95.3 cm³/mol. The molecule has 0 radical (unpaired) electrons. The van der Waals surface area contributed by atoms with Gasteiger partial charge in [0.05, 0.1) is 16.1 Å². The van der Waals surface area contributed by atoms with E-state index in [-0.39, 0.29) is 5.91 Å². The van der Waals surface area contributed by atoms with E-state index in [1.54, 1.807) is 12.1 Å². The van der Waals surface area contributed by atoms with Crippen LogP contribution in [0.3, 0.4) is 0 Å². The summed E-state index contributed by atoms with van der Waals surface area (Å²) in [6.45, 7) is 6.77. The summed E-state index contributed by atoms with van der Waals surface area (Å²) in [7, 11) is 0. The molecule has 0 bridgehead atoms. The largest absolute Gasteiger partial charge is 0.486 e. The molecule has 126 valence electrons. The predicted octanol–water partition coefficient (Wildman–Crippen LogP) is 4.34. The molecule has 2 aromatic carbocycles. The topological polar surface area (TPSA) is 47.6 Å². The standard InChI is InChI=1S/C19H20ClNO3/c1-12-4-6-13(7-5-12)19(2,3)18(22)21-15-11-17-16(10-14(15)20)23-8-9-24-17/h4-7,10-11H,8-9H2,1-3H3,(H,21,22). The molecule has 0 atom stereocenters. The Hall–Kier alpha value is -2.20. The van der Waals surface area contributed by atoms with Gasteiger partial charge in [-0.25, -0.2) is 0 Å². The quantitative estimate of drug-likeness (QED) is 0.900. The second kappa shape index (κ2) is 6.36. The molecule has 5 heteroatoms. The second-order valence-electron chi connectivity index (χ2n) is 6.42. The molecule has 0 saturated heterocycles. The van der Waals surface area contributed by atoms with E-state index in [2.05, 4.69) is 5.32 Å². The fourth-order valence-electron chi connectivity index (χ4n) is 2.54. The van der Waals surface area contributed by atoms with Gasteiger partial charge in [-0.05, 0) is 26.3 Å². The summed E-state index contributed by atoms with van der Waals surface area (Å²) in [4.78, 5) is 12.8. The Morgan fingerprint density at radius 3 is 2.29 bits per heavy atom. The number of hydrogen-bond acceptors (Lipinski definition) is 3. The number of nitrogens with one attached hydrogen (secondary N) is 1. The third-order valence-corrected chi connectivity index (χ3v) is 4.53. The van der Waals surface area contributed by atoms with E-state index >= 15 is 0 Å². The number of ether oxygens (including phenoxy) is 2. The maximum atomic E-state index is 12.8. The van der Waals surface area contributed by atoms with Gasteiger partial charge in [0.25, 0.3) is 0 Å². The molecule has 24 heavy (non-hydrogen) atoms. The number of carbonyl (C=O) groups excluding carboxylic acids is 1. The second-order valence-corrected chi connectivity index (χ2v) is 6.83. The highest BCUT2D eigenvalue weighted by atomic mass is 35.5. The fraction of sp³-hybridized carbons (Fsp3) is 0.316. The Bertz CT molecular complexity index is 769. The lowest BCUT2D eigenvalue weighted by molar-refractivity contribution is -0.120. The summed E-state index contributed by atoms with van der Waals surface area (Å²) in [5, 5.41) is 3.33. The lowest BCUT2D eigenvalue weighted by atomic mass is 9.83. The minimum Gasteiger partial charge on any atom is -0.486 e. The highest BCUT2D eigenvalue weighted by Gasteiger charge is 2.30. The van der Waals surface area contributed by atoms with Crippen molar-refractivity contribution in [2.45, 2.75) is 26.2 Å². The number of halogens is 1. The van der Waals surface area contributed by atoms with E-state index in [0.29, 0.717) is 35.4 Å². The van der Waals surface area contributed by atoms with Crippen molar-refractivity contribution in [1.82, 2.24) is 0 Å². The molecule has 1 aliphatic heterocycles. The van der Waals surface area contributed by atoms with Crippen LogP contribution in [0.25, 0.3) is 0 Å². The molecule has 0 unspecified atom stereocenters. The van der Waals surface area contributed by atoms with Crippen LogP contribution in [0, 0.1) is 6.92 Å². The first-order valence-electron chi connectivity index (χ1n) is 7.85. The Kier molecular flexibility index (Phi) is 4.41. The summed E-state index contributed by atoms with van der Waals surface area (Å²) in [5.74, 6) is 1.06. The van der Waals surface area contributed by atoms with Gasteiger partial charge in [-0.15, -0.1) is 0 Å². The van der Waals surface area contributed by atoms with Gasteiger partial charge in [0.2, 0.25) is 5.91 Å². The number of rotatable bonds is 3. The number of carbonyl (C=O) groups is 1. The van der Waals surface area contributed by atoms with Crippen LogP contribution in [0.15, 0.2) is 36.4 Å². The summed E-state index contributed by atoms with van der Waals surface area (Å²) < 4.78 is 11.0. The maximum absolute atomic E-state index is 12.8. The molecule has 1 heterocycles. The van der Waals surface area contributed by atoms with Crippen LogP contribution >= 0.6 is 11.6 Å². The number of aryl methyl sites for hydroxylation is 1. The third kappa shape index (κ3) is 3.20. The average molecular weight is 346 g/mol. The van der Waals surface area contributed by atoms with Crippen LogP contribution < -0.4 is 14.8 Å². The summed E-state index contributed by atoms with van der Waals surface area (Å²) >= 11 is 6.27. The maximum Gasteiger partial charge on any atom is 0.234 e. The van der Waals surface area contributed by atoms with Gasteiger partial charge in [0.1, 0.15) is 13.2 Å². The monoisotopic (exact) mass is 345 g/mol. The molecule has 2 aromatic rings. The lowest BCUT2D eigenvalue weighted by Gasteiger charge is -2.25. The molecule has 0 fully saturated rings. The molecular weight excluding hydrogens is 326 g/mol. The number of hydrogen-bond donors (Lipinski definition) is 1. The van der Waals surface area contributed by atoms with E-state index in [9.17, 15) is 4.79 Å². The fourth-order valence-corrected chi connectivity index (χ4v) is 2.74. The minimum atomic E-state index is -0.690. The molecule has 4 nitrogen and oxygen atoms in total. The Balaban J connectivity index is 1.85. The van der Waals surface area contributed by atoms with Crippen molar-refractivity contribution in [3.8, 4) is 11.5 Å². The van der Waals surface area contributed by atoms with Crippen molar-refractivity contribution in [2.24, 2.45) is 0 Å². The van der Waals surface area contributed by atoms with Gasteiger partial charge in [-0.1, -0.05) is 41.4 Å². The molecule has 0 saturated carbocycles. The Morgan fingerprint density at radius 2 is 1.67 bits per heavy atom. The number of amides is 1. The Morgan fingerprint density at radius 1 is 1.08 bits per heavy atom. The van der Waals surface area contributed by atoms with Crippen LogP contribution in [0.1, 0.15) is 25.0 Å². The van der Waals surface area contributed by atoms with Crippen LogP contribution in [0.5, 0.6) is 11.5 Å². The van der Waals surface area contributed by atoms with Crippen LogP contribution in [-0.2, 0) is 10.2 Å². The summed E-state index contributed by atoms with van der Waals surface area (Å²) in [5.41, 5.74) is 1.93. The summed E-state index contributed by atoms with van der Waals surface area (Å²) in [6.07, 6.45) is 0. The van der Waals surface area contributed by atoms with Crippen molar-refractivity contribution >= 4 is 23.2 Å². The molecule has 0 spiro atoms. The van der Waals surface area contributed by atoms with E-state index in [1.807, 2.05) is 45.0 Å². The van der Waals surface area contributed by atoms with Gasteiger partial charge >= 0.3 is 0 Å². The van der Waals surface area contributed by atoms with Crippen molar-refractivity contribution < 1.29 is 14.3 Å². The highest BCUT2D eigenvalue weighted by molar-refractivity contribution is 6.34. The lowest BCUT2D eigenvalue weighted by Crippen LogP contribution is -2.34. The highest BCUT2D eigenvalue weighted by Crippen LogP contribution is 2.38. The van der Waals surface area contributed by atoms with Crippen LogP contribution in [0.2, 0.25) is 5.02 Å². The van der Waals surface area contributed by atoms with Crippen molar-refractivity contribution in [1.29, 1.82) is 0 Å². The number of fused-ring (bicyclic) bond motifs is 1.